The van der Waals surface area contributed by atoms with Gasteiger partial charge in [-0.05, 0) is 80.8 Å². The number of hydrogen-bond acceptors (Lipinski definition) is 3. The Morgan fingerprint density at radius 3 is 2.14 bits per heavy atom. The first-order chi connectivity index (χ1) is 13.9. The van der Waals surface area contributed by atoms with Gasteiger partial charge in [-0.3, -0.25) is 20.4 Å². The zero-order chi connectivity index (χ0) is 20.4. The van der Waals surface area contributed by atoms with Crippen LogP contribution in [0.5, 0.6) is 0 Å². The largest absolute Gasteiger partial charge is 0.326 e. The molecule has 156 valence electrons. The highest BCUT2D eigenvalue weighted by atomic mass is 16.2. The summed E-state index contributed by atoms with van der Waals surface area (Å²) >= 11 is 0. The van der Waals surface area contributed by atoms with E-state index >= 15 is 0 Å². The normalized spacial score (nSPS) is 30.3. The van der Waals surface area contributed by atoms with Gasteiger partial charge < -0.3 is 10.6 Å². The first kappa shape index (κ1) is 19.7. The molecule has 1 atom stereocenters. The van der Waals surface area contributed by atoms with Crippen molar-refractivity contribution in [1.29, 1.82) is 0 Å². The minimum atomic E-state index is -0.779. The number of benzene rings is 1. The lowest BCUT2D eigenvalue weighted by atomic mass is 9.49. The van der Waals surface area contributed by atoms with Gasteiger partial charge in [0.2, 0.25) is 5.91 Å². The Balaban J connectivity index is 1.21. The molecule has 29 heavy (non-hydrogen) atoms. The van der Waals surface area contributed by atoms with Gasteiger partial charge in [0.15, 0.2) is 0 Å². The summed E-state index contributed by atoms with van der Waals surface area (Å²) in [7, 11) is 0. The molecule has 4 fully saturated rings. The SMILES string of the molecule is CC(NC(=O)Nc1ccccc1)C(=O)NNC(=O)CC12CC3CC(CC(C3)C1)C2. The molecular formula is C22H30N4O3. The van der Waals surface area contributed by atoms with Crippen molar-refractivity contribution in [3.05, 3.63) is 30.3 Å². The summed E-state index contributed by atoms with van der Waals surface area (Å²) in [5.41, 5.74) is 5.77. The molecule has 1 aromatic carbocycles. The third-order valence-electron chi connectivity index (χ3n) is 6.80. The lowest BCUT2D eigenvalue weighted by Crippen LogP contribution is -2.53. The molecule has 4 saturated carbocycles. The number of anilines is 1. The summed E-state index contributed by atoms with van der Waals surface area (Å²) in [6, 6.07) is 7.74. The molecule has 0 aromatic heterocycles. The van der Waals surface area contributed by atoms with Crippen LogP contribution in [0.15, 0.2) is 30.3 Å². The van der Waals surface area contributed by atoms with Crippen molar-refractivity contribution in [1.82, 2.24) is 16.2 Å². The maximum Gasteiger partial charge on any atom is 0.319 e. The Hall–Kier alpha value is -2.57. The van der Waals surface area contributed by atoms with Crippen molar-refractivity contribution >= 4 is 23.5 Å². The zero-order valence-electron chi connectivity index (χ0n) is 16.9. The average molecular weight is 399 g/mol. The van der Waals surface area contributed by atoms with Crippen molar-refractivity contribution < 1.29 is 14.4 Å². The van der Waals surface area contributed by atoms with Crippen LogP contribution in [0.3, 0.4) is 0 Å². The topological polar surface area (TPSA) is 99.3 Å². The Morgan fingerprint density at radius 2 is 1.55 bits per heavy atom. The molecule has 7 nitrogen and oxygen atoms in total. The van der Waals surface area contributed by atoms with Gasteiger partial charge in [-0.2, -0.15) is 0 Å². The van der Waals surface area contributed by atoms with Gasteiger partial charge in [-0.15, -0.1) is 0 Å². The predicted molar refractivity (Wildman–Crippen MR) is 110 cm³/mol. The predicted octanol–water partition coefficient (Wildman–Crippen LogP) is 2.95. The van der Waals surface area contributed by atoms with E-state index in [2.05, 4.69) is 21.5 Å². The lowest BCUT2D eigenvalue weighted by molar-refractivity contribution is -0.134. The second-order valence-corrected chi connectivity index (χ2v) is 9.32. The molecule has 1 aromatic rings. The number of carbonyl (C=O) groups is 3. The maximum absolute atomic E-state index is 12.5. The van der Waals surface area contributed by atoms with E-state index in [9.17, 15) is 14.4 Å². The summed E-state index contributed by atoms with van der Waals surface area (Å²) in [6.45, 7) is 1.57. The molecule has 4 amide bonds. The highest BCUT2D eigenvalue weighted by Crippen LogP contribution is 2.61. The molecule has 1 unspecified atom stereocenters. The molecule has 4 aliphatic carbocycles. The second kappa shape index (κ2) is 8.05. The van der Waals surface area contributed by atoms with Gasteiger partial charge in [0.1, 0.15) is 6.04 Å². The first-order valence-corrected chi connectivity index (χ1v) is 10.6. The molecular weight excluding hydrogens is 368 g/mol. The summed E-state index contributed by atoms with van der Waals surface area (Å²) in [6.07, 6.45) is 7.95. The van der Waals surface area contributed by atoms with E-state index in [-0.39, 0.29) is 11.3 Å². The summed E-state index contributed by atoms with van der Waals surface area (Å²) in [5.74, 6) is 1.77. The molecule has 0 saturated heterocycles. The Morgan fingerprint density at radius 1 is 0.966 bits per heavy atom. The second-order valence-electron chi connectivity index (χ2n) is 9.32. The maximum atomic E-state index is 12.5. The van der Waals surface area contributed by atoms with Crippen molar-refractivity contribution in [3.8, 4) is 0 Å². The number of nitrogens with one attached hydrogen (secondary N) is 4. The van der Waals surface area contributed by atoms with Crippen LogP contribution in [-0.2, 0) is 9.59 Å². The Labute approximate surface area is 171 Å². The smallest absolute Gasteiger partial charge is 0.319 e. The van der Waals surface area contributed by atoms with Gasteiger partial charge in [0.25, 0.3) is 5.91 Å². The lowest BCUT2D eigenvalue weighted by Gasteiger charge is -2.56. The van der Waals surface area contributed by atoms with Crippen molar-refractivity contribution in [2.75, 3.05) is 5.32 Å². The molecule has 0 heterocycles. The highest BCUT2D eigenvalue weighted by Gasteiger charge is 2.51. The quantitative estimate of drug-likeness (QED) is 0.574. The number of urea groups is 1. The van der Waals surface area contributed by atoms with Gasteiger partial charge in [-0.25, -0.2) is 4.79 Å². The van der Waals surface area contributed by atoms with E-state index in [1.54, 1.807) is 19.1 Å². The molecule has 4 bridgehead atoms. The molecule has 0 spiro atoms. The minimum absolute atomic E-state index is 0.128. The Bertz CT molecular complexity index is 744. The van der Waals surface area contributed by atoms with Crippen LogP contribution in [0.2, 0.25) is 0 Å². The minimum Gasteiger partial charge on any atom is -0.326 e. The number of para-hydroxylation sites is 1. The van der Waals surface area contributed by atoms with E-state index in [4.69, 9.17) is 0 Å². The van der Waals surface area contributed by atoms with Crippen molar-refractivity contribution in [2.24, 2.45) is 23.2 Å². The van der Waals surface area contributed by atoms with E-state index < -0.39 is 18.0 Å². The molecule has 7 heteroatoms. The monoisotopic (exact) mass is 398 g/mol. The molecule has 0 radical (unpaired) electrons. The van der Waals surface area contributed by atoms with Crippen molar-refractivity contribution in [2.45, 2.75) is 57.9 Å². The van der Waals surface area contributed by atoms with Crippen LogP contribution in [0, 0.1) is 23.2 Å². The number of rotatable bonds is 5. The summed E-state index contributed by atoms with van der Waals surface area (Å²) in [4.78, 5) is 36.7. The summed E-state index contributed by atoms with van der Waals surface area (Å²) < 4.78 is 0. The van der Waals surface area contributed by atoms with Gasteiger partial charge in [-0.1, -0.05) is 18.2 Å². The fourth-order valence-electron chi connectivity index (χ4n) is 6.08. The van der Waals surface area contributed by atoms with Crippen LogP contribution in [0.4, 0.5) is 10.5 Å². The molecule has 5 rings (SSSR count). The third-order valence-corrected chi connectivity index (χ3v) is 6.80. The number of hydrogen-bond donors (Lipinski definition) is 4. The van der Waals surface area contributed by atoms with Gasteiger partial charge in [0.05, 0.1) is 0 Å². The van der Waals surface area contributed by atoms with E-state index in [0.29, 0.717) is 12.1 Å². The van der Waals surface area contributed by atoms with Crippen molar-refractivity contribution in [3.63, 3.8) is 0 Å². The van der Waals surface area contributed by atoms with Crippen LogP contribution < -0.4 is 21.5 Å². The fourth-order valence-corrected chi connectivity index (χ4v) is 6.08. The van der Waals surface area contributed by atoms with Crippen LogP contribution in [0.1, 0.15) is 51.9 Å². The van der Waals surface area contributed by atoms with Crippen LogP contribution in [0.25, 0.3) is 0 Å². The van der Waals surface area contributed by atoms with E-state index in [0.717, 1.165) is 37.0 Å². The first-order valence-electron chi connectivity index (χ1n) is 10.6. The van der Waals surface area contributed by atoms with Crippen LogP contribution >= 0.6 is 0 Å². The van der Waals surface area contributed by atoms with Gasteiger partial charge >= 0.3 is 6.03 Å². The molecule has 4 N–H and O–H groups in total. The van der Waals surface area contributed by atoms with E-state index in [1.165, 1.54) is 19.3 Å². The Kier molecular flexibility index (Phi) is 5.48. The van der Waals surface area contributed by atoms with Crippen LogP contribution in [-0.4, -0.2) is 23.9 Å². The summed E-state index contributed by atoms with van der Waals surface area (Å²) in [5, 5.41) is 5.23. The standard InChI is InChI=1S/C22H30N4O3/c1-14(23-21(29)24-18-5-3-2-4-6-18)20(28)26-25-19(27)13-22-10-15-7-16(11-22)9-17(8-15)12-22/h2-6,14-17H,7-13H2,1H3,(H,25,27)(H,26,28)(H2,23,24,29). The number of amides is 4. The number of hydrazine groups is 1. The van der Waals surface area contributed by atoms with Gasteiger partial charge in [0, 0.05) is 12.1 Å². The van der Waals surface area contributed by atoms with E-state index in [1.807, 2.05) is 18.2 Å². The fraction of sp³-hybridized carbons (Fsp3) is 0.591. The zero-order valence-corrected chi connectivity index (χ0v) is 16.9. The average Bonchev–Trinajstić information content (AvgIpc) is 2.65. The highest BCUT2D eigenvalue weighted by molar-refractivity contribution is 5.94. The molecule has 4 aliphatic rings. The third kappa shape index (κ3) is 4.71. The molecule has 0 aliphatic heterocycles. The number of carbonyl (C=O) groups excluding carboxylic acids is 3.